The second-order valence-electron chi connectivity index (χ2n) is 4.82. The Morgan fingerprint density at radius 2 is 1.80 bits per heavy atom. The highest BCUT2D eigenvalue weighted by Crippen LogP contribution is 2.33. The average molecular weight is 204 g/mol. The van der Waals surface area contributed by atoms with Gasteiger partial charge in [0.15, 0.2) is 0 Å². The number of hydrogen-bond donors (Lipinski definition) is 1. The van der Waals surface area contributed by atoms with Crippen LogP contribution in [0, 0.1) is 6.92 Å². The van der Waals surface area contributed by atoms with E-state index in [1.165, 1.54) is 36.8 Å². The molecule has 1 aliphatic carbocycles. The van der Waals surface area contributed by atoms with Crippen LogP contribution in [0.4, 0.5) is 0 Å². The SMILES string of the molecule is Cc1cncc(C2(N)CCCCCC2)c1. The number of hydrogen-bond acceptors (Lipinski definition) is 2. The van der Waals surface area contributed by atoms with Crippen molar-refractivity contribution in [2.75, 3.05) is 0 Å². The summed E-state index contributed by atoms with van der Waals surface area (Å²) < 4.78 is 0. The first-order valence-corrected chi connectivity index (χ1v) is 5.92. The monoisotopic (exact) mass is 204 g/mol. The quantitative estimate of drug-likeness (QED) is 0.714. The van der Waals surface area contributed by atoms with E-state index in [9.17, 15) is 0 Å². The predicted octanol–water partition coefficient (Wildman–Crippen LogP) is 2.90. The van der Waals surface area contributed by atoms with E-state index in [4.69, 9.17) is 5.73 Å². The maximum atomic E-state index is 6.51. The Hall–Kier alpha value is -0.890. The van der Waals surface area contributed by atoms with Crippen LogP contribution in [0.25, 0.3) is 0 Å². The minimum atomic E-state index is -0.116. The zero-order valence-corrected chi connectivity index (χ0v) is 9.50. The molecule has 0 radical (unpaired) electrons. The minimum Gasteiger partial charge on any atom is -0.321 e. The first-order valence-electron chi connectivity index (χ1n) is 5.92. The Bertz CT molecular complexity index is 325. The van der Waals surface area contributed by atoms with Gasteiger partial charge in [0.1, 0.15) is 0 Å². The third-order valence-electron chi connectivity index (χ3n) is 3.45. The fraction of sp³-hybridized carbons (Fsp3) is 0.615. The van der Waals surface area contributed by atoms with E-state index in [2.05, 4.69) is 18.0 Å². The summed E-state index contributed by atoms with van der Waals surface area (Å²) in [5, 5.41) is 0. The molecule has 2 heteroatoms. The summed E-state index contributed by atoms with van der Waals surface area (Å²) in [4.78, 5) is 4.26. The molecule has 0 unspecified atom stereocenters. The van der Waals surface area contributed by atoms with Crippen molar-refractivity contribution in [3.8, 4) is 0 Å². The molecule has 0 saturated heterocycles. The molecule has 0 aromatic carbocycles. The van der Waals surface area contributed by atoms with Crippen LogP contribution in [0.5, 0.6) is 0 Å². The highest BCUT2D eigenvalue weighted by molar-refractivity contribution is 5.24. The molecule has 0 amide bonds. The number of nitrogens with zero attached hydrogens (tertiary/aromatic N) is 1. The lowest BCUT2D eigenvalue weighted by Crippen LogP contribution is -2.36. The molecule has 0 bridgehead atoms. The maximum absolute atomic E-state index is 6.51. The fourth-order valence-electron chi connectivity index (χ4n) is 2.48. The van der Waals surface area contributed by atoms with E-state index in [1.807, 2.05) is 12.4 Å². The average Bonchev–Trinajstić information content (AvgIpc) is 2.44. The Labute approximate surface area is 91.9 Å². The van der Waals surface area contributed by atoms with Crippen molar-refractivity contribution in [1.82, 2.24) is 4.98 Å². The second-order valence-corrected chi connectivity index (χ2v) is 4.82. The van der Waals surface area contributed by atoms with Crippen LogP contribution in [0.2, 0.25) is 0 Å². The van der Waals surface area contributed by atoms with Gasteiger partial charge in [-0.2, -0.15) is 0 Å². The highest BCUT2D eigenvalue weighted by atomic mass is 14.8. The molecule has 2 rings (SSSR count). The van der Waals surface area contributed by atoms with Crippen LogP contribution in [-0.4, -0.2) is 4.98 Å². The van der Waals surface area contributed by atoms with Crippen molar-refractivity contribution in [1.29, 1.82) is 0 Å². The number of aromatic nitrogens is 1. The summed E-state index contributed by atoms with van der Waals surface area (Å²) in [6.07, 6.45) is 11.2. The Morgan fingerprint density at radius 3 is 2.40 bits per heavy atom. The van der Waals surface area contributed by atoms with Crippen LogP contribution < -0.4 is 5.73 Å². The Balaban J connectivity index is 2.26. The van der Waals surface area contributed by atoms with Crippen molar-refractivity contribution in [2.45, 2.75) is 51.0 Å². The van der Waals surface area contributed by atoms with Gasteiger partial charge in [-0.05, 0) is 30.9 Å². The number of nitrogens with two attached hydrogens (primary N) is 1. The van der Waals surface area contributed by atoms with Crippen molar-refractivity contribution in [3.05, 3.63) is 29.6 Å². The molecule has 15 heavy (non-hydrogen) atoms. The zero-order valence-electron chi connectivity index (χ0n) is 9.50. The molecule has 1 aromatic rings. The lowest BCUT2D eigenvalue weighted by atomic mass is 9.84. The van der Waals surface area contributed by atoms with E-state index in [0.717, 1.165) is 12.8 Å². The molecule has 0 atom stereocenters. The van der Waals surface area contributed by atoms with Crippen molar-refractivity contribution < 1.29 is 0 Å². The number of rotatable bonds is 1. The normalized spacial score (nSPS) is 20.9. The van der Waals surface area contributed by atoms with Crippen LogP contribution in [0.15, 0.2) is 18.5 Å². The Morgan fingerprint density at radius 1 is 1.13 bits per heavy atom. The maximum Gasteiger partial charge on any atom is 0.0425 e. The number of aryl methyl sites for hydroxylation is 1. The van der Waals surface area contributed by atoms with Gasteiger partial charge in [-0.15, -0.1) is 0 Å². The second kappa shape index (κ2) is 4.31. The van der Waals surface area contributed by atoms with Crippen molar-refractivity contribution in [3.63, 3.8) is 0 Å². The van der Waals surface area contributed by atoms with E-state index in [1.54, 1.807) is 0 Å². The fourth-order valence-corrected chi connectivity index (χ4v) is 2.48. The zero-order chi connectivity index (χ0) is 10.7. The summed E-state index contributed by atoms with van der Waals surface area (Å²) in [6.45, 7) is 2.08. The molecule has 1 aromatic heterocycles. The first kappa shape index (κ1) is 10.6. The summed E-state index contributed by atoms with van der Waals surface area (Å²) in [5.74, 6) is 0. The van der Waals surface area contributed by atoms with Crippen LogP contribution in [0.1, 0.15) is 49.7 Å². The Kier molecular flexibility index (Phi) is 3.06. The molecule has 1 heterocycles. The van der Waals surface area contributed by atoms with Crippen molar-refractivity contribution >= 4 is 0 Å². The summed E-state index contributed by atoms with van der Waals surface area (Å²) in [7, 11) is 0. The lowest BCUT2D eigenvalue weighted by molar-refractivity contribution is 0.384. The number of pyridine rings is 1. The molecule has 2 N–H and O–H groups in total. The smallest absolute Gasteiger partial charge is 0.0425 e. The molecule has 1 fully saturated rings. The molecule has 0 spiro atoms. The van der Waals surface area contributed by atoms with E-state index in [-0.39, 0.29) is 5.54 Å². The third-order valence-corrected chi connectivity index (χ3v) is 3.45. The van der Waals surface area contributed by atoms with Gasteiger partial charge >= 0.3 is 0 Å². The van der Waals surface area contributed by atoms with E-state index >= 15 is 0 Å². The van der Waals surface area contributed by atoms with E-state index < -0.39 is 0 Å². The van der Waals surface area contributed by atoms with Gasteiger partial charge in [0.2, 0.25) is 0 Å². The molecule has 1 aliphatic rings. The molecule has 82 valence electrons. The van der Waals surface area contributed by atoms with Gasteiger partial charge < -0.3 is 5.73 Å². The molecule has 1 saturated carbocycles. The third kappa shape index (κ3) is 2.37. The molecule has 2 nitrogen and oxygen atoms in total. The van der Waals surface area contributed by atoms with Crippen molar-refractivity contribution in [2.24, 2.45) is 5.73 Å². The topological polar surface area (TPSA) is 38.9 Å². The van der Waals surface area contributed by atoms with Gasteiger partial charge in [0.05, 0.1) is 0 Å². The van der Waals surface area contributed by atoms with Crippen LogP contribution in [0.3, 0.4) is 0 Å². The first-order chi connectivity index (χ1) is 7.21. The molecule has 0 aliphatic heterocycles. The van der Waals surface area contributed by atoms with E-state index in [0.29, 0.717) is 0 Å². The standard InChI is InChI=1S/C13H20N2/c1-11-8-12(10-15-9-11)13(14)6-4-2-3-5-7-13/h8-10H,2-7,14H2,1H3. The largest absolute Gasteiger partial charge is 0.321 e. The predicted molar refractivity (Wildman–Crippen MR) is 62.5 cm³/mol. The van der Waals surface area contributed by atoms with Crippen LogP contribution in [-0.2, 0) is 5.54 Å². The van der Waals surface area contributed by atoms with Gasteiger partial charge in [0, 0.05) is 17.9 Å². The summed E-state index contributed by atoms with van der Waals surface area (Å²) in [6, 6.07) is 2.19. The highest BCUT2D eigenvalue weighted by Gasteiger charge is 2.28. The molecular weight excluding hydrogens is 184 g/mol. The van der Waals surface area contributed by atoms with Gasteiger partial charge in [-0.1, -0.05) is 31.7 Å². The van der Waals surface area contributed by atoms with Gasteiger partial charge in [-0.3, -0.25) is 4.98 Å². The summed E-state index contributed by atoms with van der Waals surface area (Å²) >= 11 is 0. The molecular formula is C13H20N2. The van der Waals surface area contributed by atoms with Gasteiger partial charge in [-0.25, -0.2) is 0 Å². The van der Waals surface area contributed by atoms with Gasteiger partial charge in [0.25, 0.3) is 0 Å². The van der Waals surface area contributed by atoms with Crippen LogP contribution >= 0.6 is 0 Å². The summed E-state index contributed by atoms with van der Waals surface area (Å²) in [5.41, 5.74) is 8.83. The lowest BCUT2D eigenvalue weighted by Gasteiger charge is -2.28. The minimum absolute atomic E-state index is 0.116.